The Labute approximate surface area is 168 Å². The number of rotatable bonds is 5. The highest BCUT2D eigenvalue weighted by atomic mass is 16.5. The zero-order valence-corrected chi connectivity index (χ0v) is 15.5. The zero-order chi connectivity index (χ0) is 20.1. The van der Waals surface area contributed by atoms with E-state index in [9.17, 15) is 9.90 Å². The van der Waals surface area contributed by atoms with Crippen molar-refractivity contribution < 1.29 is 19.4 Å². The maximum Gasteiger partial charge on any atom is 0.347 e. The second kappa shape index (κ2) is 8.31. The van der Waals surface area contributed by atoms with Gasteiger partial charge in [-0.05, 0) is 41.5 Å². The molecule has 0 aromatic heterocycles. The number of phenols is 1. The molecule has 1 N–H and O–H groups in total. The number of hydrogen-bond donors (Lipinski definition) is 1. The summed E-state index contributed by atoms with van der Waals surface area (Å²) in [6, 6.07) is 30.4. The summed E-state index contributed by atoms with van der Waals surface area (Å²) < 4.78 is 11.5. The smallest absolute Gasteiger partial charge is 0.347 e. The Kier molecular flexibility index (Phi) is 5.25. The zero-order valence-electron chi connectivity index (χ0n) is 15.5. The molecule has 0 radical (unpaired) electrons. The van der Waals surface area contributed by atoms with Gasteiger partial charge >= 0.3 is 5.97 Å². The van der Waals surface area contributed by atoms with Crippen LogP contribution >= 0.6 is 0 Å². The SMILES string of the molecule is O=C(Oc1ccccc1)c1c(Oc2ccccc2O)cccc1-c1ccccc1. The number of carbonyl (C=O) groups is 1. The number of para-hydroxylation sites is 3. The molecule has 142 valence electrons. The van der Waals surface area contributed by atoms with E-state index in [4.69, 9.17) is 9.47 Å². The molecule has 0 saturated heterocycles. The first-order valence-corrected chi connectivity index (χ1v) is 9.14. The number of aromatic hydroxyl groups is 1. The summed E-state index contributed by atoms with van der Waals surface area (Å²) in [7, 11) is 0. The molecule has 0 aliphatic carbocycles. The molecule has 4 nitrogen and oxygen atoms in total. The third-order valence-electron chi connectivity index (χ3n) is 4.35. The van der Waals surface area contributed by atoms with Crippen LogP contribution in [0.5, 0.6) is 23.0 Å². The maximum atomic E-state index is 13.1. The van der Waals surface area contributed by atoms with Crippen molar-refractivity contribution in [1.82, 2.24) is 0 Å². The standard InChI is InChI=1S/C25H18O4/c26-21-15-7-8-16-22(21)29-23-17-9-14-20(18-10-3-1-4-11-18)24(23)25(27)28-19-12-5-2-6-13-19/h1-17,26H. The molecule has 0 heterocycles. The van der Waals surface area contributed by atoms with Gasteiger partial charge in [0.05, 0.1) is 0 Å². The summed E-state index contributed by atoms with van der Waals surface area (Å²) in [5, 5.41) is 10.1. The lowest BCUT2D eigenvalue weighted by atomic mass is 9.99. The molecule has 0 bridgehead atoms. The van der Waals surface area contributed by atoms with Crippen molar-refractivity contribution in [2.75, 3.05) is 0 Å². The molecule has 0 aliphatic heterocycles. The van der Waals surface area contributed by atoms with Crippen molar-refractivity contribution in [3.63, 3.8) is 0 Å². The topological polar surface area (TPSA) is 55.8 Å². The molecule has 0 amide bonds. The lowest BCUT2D eigenvalue weighted by Gasteiger charge is -2.15. The van der Waals surface area contributed by atoms with E-state index in [0.717, 1.165) is 5.56 Å². The largest absolute Gasteiger partial charge is 0.504 e. The second-order valence-corrected chi connectivity index (χ2v) is 6.32. The first kappa shape index (κ1) is 18.3. The molecule has 4 aromatic rings. The fourth-order valence-corrected chi connectivity index (χ4v) is 2.99. The van der Waals surface area contributed by atoms with Crippen LogP contribution < -0.4 is 9.47 Å². The molecule has 4 aromatic carbocycles. The molecule has 0 aliphatic rings. The average molecular weight is 382 g/mol. The highest BCUT2D eigenvalue weighted by molar-refractivity contribution is 6.01. The van der Waals surface area contributed by atoms with E-state index in [1.807, 2.05) is 42.5 Å². The molecule has 4 heteroatoms. The van der Waals surface area contributed by atoms with E-state index in [1.165, 1.54) is 6.07 Å². The Bertz CT molecular complexity index is 1120. The van der Waals surface area contributed by atoms with Gasteiger partial charge in [0.2, 0.25) is 0 Å². The summed E-state index contributed by atoms with van der Waals surface area (Å²) in [5.74, 6) is 0.440. The highest BCUT2D eigenvalue weighted by Gasteiger charge is 2.22. The van der Waals surface area contributed by atoms with Crippen LogP contribution in [0.3, 0.4) is 0 Å². The van der Waals surface area contributed by atoms with E-state index in [1.54, 1.807) is 54.6 Å². The summed E-state index contributed by atoms with van der Waals surface area (Å²) in [6.07, 6.45) is 0. The van der Waals surface area contributed by atoms with E-state index >= 15 is 0 Å². The lowest BCUT2D eigenvalue weighted by molar-refractivity contribution is 0.0733. The van der Waals surface area contributed by atoms with Gasteiger partial charge in [-0.15, -0.1) is 0 Å². The van der Waals surface area contributed by atoms with Gasteiger partial charge < -0.3 is 14.6 Å². The molecule has 0 spiro atoms. The molecule has 0 atom stereocenters. The summed E-state index contributed by atoms with van der Waals surface area (Å²) >= 11 is 0. The first-order valence-electron chi connectivity index (χ1n) is 9.14. The van der Waals surface area contributed by atoms with Crippen LogP contribution in [0, 0.1) is 0 Å². The fourth-order valence-electron chi connectivity index (χ4n) is 2.99. The molecule has 29 heavy (non-hydrogen) atoms. The van der Waals surface area contributed by atoms with Crippen molar-refractivity contribution >= 4 is 5.97 Å². The van der Waals surface area contributed by atoms with Gasteiger partial charge in [0.15, 0.2) is 11.5 Å². The van der Waals surface area contributed by atoms with Crippen LogP contribution in [-0.2, 0) is 0 Å². The molecular formula is C25H18O4. The molecular weight excluding hydrogens is 364 g/mol. The third-order valence-corrected chi connectivity index (χ3v) is 4.35. The van der Waals surface area contributed by atoms with E-state index < -0.39 is 5.97 Å². The van der Waals surface area contributed by atoms with Gasteiger partial charge in [0.1, 0.15) is 17.1 Å². The van der Waals surface area contributed by atoms with Crippen LogP contribution in [0.1, 0.15) is 10.4 Å². The van der Waals surface area contributed by atoms with Gasteiger partial charge in [0, 0.05) is 0 Å². The number of phenolic OH excluding ortho intramolecular Hbond substituents is 1. The van der Waals surface area contributed by atoms with Crippen molar-refractivity contribution in [3.05, 3.63) is 109 Å². The van der Waals surface area contributed by atoms with Crippen LogP contribution in [0.4, 0.5) is 0 Å². The average Bonchev–Trinajstić information content (AvgIpc) is 2.76. The molecule has 0 fully saturated rings. The van der Waals surface area contributed by atoms with Crippen LogP contribution in [-0.4, -0.2) is 11.1 Å². The highest BCUT2D eigenvalue weighted by Crippen LogP contribution is 2.37. The van der Waals surface area contributed by atoms with Crippen LogP contribution in [0.25, 0.3) is 11.1 Å². The third kappa shape index (κ3) is 4.12. The molecule has 4 rings (SSSR count). The monoisotopic (exact) mass is 382 g/mol. The Balaban J connectivity index is 1.80. The number of hydrogen-bond acceptors (Lipinski definition) is 4. The predicted octanol–water partition coefficient (Wildman–Crippen LogP) is 6.07. The fraction of sp³-hybridized carbons (Fsp3) is 0. The number of carbonyl (C=O) groups excluding carboxylic acids is 1. The van der Waals surface area contributed by atoms with Crippen molar-refractivity contribution in [2.24, 2.45) is 0 Å². The Hall–Kier alpha value is -4.05. The Morgan fingerprint density at radius 1 is 0.655 bits per heavy atom. The molecule has 0 unspecified atom stereocenters. The molecule has 0 saturated carbocycles. The van der Waals surface area contributed by atoms with Gasteiger partial charge in [0.25, 0.3) is 0 Å². The Morgan fingerprint density at radius 2 is 1.28 bits per heavy atom. The minimum Gasteiger partial charge on any atom is -0.504 e. The Morgan fingerprint density at radius 3 is 2.00 bits per heavy atom. The first-order chi connectivity index (χ1) is 14.2. The predicted molar refractivity (Wildman–Crippen MR) is 111 cm³/mol. The normalized spacial score (nSPS) is 10.3. The van der Waals surface area contributed by atoms with Crippen molar-refractivity contribution in [3.8, 4) is 34.1 Å². The van der Waals surface area contributed by atoms with Crippen LogP contribution in [0.15, 0.2) is 103 Å². The minimum atomic E-state index is -0.541. The van der Waals surface area contributed by atoms with Gasteiger partial charge in [-0.1, -0.05) is 72.8 Å². The number of benzene rings is 4. The van der Waals surface area contributed by atoms with E-state index in [0.29, 0.717) is 17.1 Å². The van der Waals surface area contributed by atoms with Gasteiger partial charge in [-0.3, -0.25) is 0 Å². The van der Waals surface area contributed by atoms with E-state index in [2.05, 4.69) is 0 Å². The number of esters is 1. The summed E-state index contributed by atoms with van der Waals surface area (Å²) in [4.78, 5) is 13.1. The van der Waals surface area contributed by atoms with E-state index in [-0.39, 0.29) is 17.1 Å². The van der Waals surface area contributed by atoms with Crippen molar-refractivity contribution in [1.29, 1.82) is 0 Å². The van der Waals surface area contributed by atoms with Crippen molar-refractivity contribution in [2.45, 2.75) is 0 Å². The maximum absolute atomic E-state index is 13.1. The van der Waals surface area contributed by atoms with Gasteiger partial charge in [-0.2, -0.15) is 0 Å². The van der Waals surface area contributed by atoms with Gasteiger partial charge in [-0.25, -0.2) is 4.79 Å². The van der Waals surface area contributed by atoms with Crippen LogP contribution in [0.2, 0.25) is 0 Å². The summed E-state index contributed by atoms with van der Waals surface area (Å²) in [6.45, 7) is 0. The quantitative estimate of drug-likeness (QED) is 0.336. The summed E-state index contributed by atoms with van der Waals surface area (Å²) in [5.41, 5.74) is 1.82. The lowest BCUT2D eigenvalue weighted by Crippen LogP contribution is -2.11. The number of ether oxygens (including phenoxy) is 2. The second-order valence-electron chi connectivity index (χ2n) is 6.32. The minimum absolute atomic E-state index is 0.0139.